The number of carbonyl (C=O) groups is 6. The predicted molar refractivity (Wildman–Crippen MR) is 369 cm³/mol. The van der Waals surface area contributed by atoms with Gasteiger partial charge < -0.3 is 118 Å². The van der Waals surface area contributed by atoms with Crippen LogP contribution in [-0.4, -0.2) is 389 Å². The van der Waals surface area contributed by atoms with E-state index in [4.69, 9.17) is 0 Å². The molecular formula is C65H110N14O25. The molecule has 3 aromatic rings. The molecule has 16 atom stereocenters. The van der Waals surface area contributed by atoms with Gasteiger partial charge in [-0.2, -0.15) is 0 Å². The van der Waals surface area contributed by atoms with Gasteiger partial charge >= 0.3 is 23.9 Å². The molecular weight excluding hydrogens is 1380 g/mol. The number of carboxylic acids is 4. The van der Waals surface area contributed by atoms with Gasteiger partial charge in [-0.05, 0) is 81.1 Å². The number of benzene rings is 2. The number of rotatable bonds is 46. The van der Waals surface area contributed by atoms with Gasteiger partial charge in [-0.25, -0.2) is 4.98 Å². The molecule has 0 bridgehead atoms. The van der Waals surface area contributed by atoms with E-state index < -0.39 is 206 Å². The number of amides is 2. The summed E-state index contributed by atoms with van der Waals surface area (Å²) in [6, 6.07) is 9.16. The van der Waals surface area contributed by atoms with Crippen LogP contribution in [0.5, 0.6) is 0 Å². The SMILES string of the molecule is CN(Cc1nc2ccccc2[nH]1)[C@H](O)c1ccc2c(c1)CN(CCCCCCN[C@H](O)[C@H](CC[C@@H](O)NC[C@H](O)C(O)C(O)C(O)CO)N[C@H](O)[C@H](CCC(=O)NC[C@@H](O)[C@H](O)[C@@H](O)C(O)CO)NC(=O)CN1CCN(CC(=O)O)CCN(CC(=O)O)CCN(CC(=O)O)CC1)[C@H](O)[C@H](CC(=O)O)N2. The third kappa shape index (κ3) is 30.4. The topological polar surface area (TPSA) is 607 Å². The number of imidazole rings is 1. The van der Waals surface area contributed by atoms with Crippen LogP contribution in [0.25, 0.3) is 11.0 Å². The average molecular weight is 1490 g/mol. The second kappa shape index (κ2) is 45.3. The van der Waals surface area contributed by atoms with E-state index in [1.165, 1.54) is 9.80 Å². The van der Waals surface area contributed by atoms with Gasteiger partial charge in [0.1, 0.15) is 73.6 Å². The van der Waals surface area contributed by atoms with Gasteiger partial charge in [0, 0.05) is 96.7 Å². The molecule has 104 heavy (non-hydrogen) atoms. The van der Waals surface area contributed by atoms with Gasteiger partial charge in [-0.15, -0.1) is 0 Å². The first-order chi connectivity index (χ1) is 49.3. The van der Waals surface area contributed by atoms with Crippen molar-refractivity contribution in [3.63, 3.8) is 0 Å². The Labute approximate surface area is 600 Å². The molecule has 0 spiro atoms. The molecule has 0 saturated carbocycles. The van der Waals surface area contributed by atoms with E-state index in [-0.39, 0.29) is 84.8 Å². The van der Waals surface area contributed by atoms with Crippen LogP contribution in [0.1, 0.15) is 81.0 Å². The number of aromatic nitrogens is 2. The van der Waals surface area contributed by atoms with Crippen molar-refractivity contribution in [1.29, 1.82) is 0 Å². The maximum absolute atomic E-state index is 14.3. The average Bonchev–Trinajstić information content (AvgIpc) is 1.62. The van der Waals surface area contributed by atoms with E-state index >= 15 is 0 Å². The first-order valence-corrected chi connectivity index (χ1v) is 34.8. The first kappa shape index (κ1) is 88.2. The zero-order valence-electron chi connectivity index (χ0n) is 58.4. The van der Waals surface area contributed by atoms with E-state index in [9.17, 15) is 126 Å². The molecule has 39 nitrogen and oxygen atoms in total. The van der Waals surface area contributed by atoms with Crippen molar-refractivity contribution < 1.29 is 126 Å². The number of nitrogens with one attached hydrogen (secondary N) is 7. The Morgan fingerprint density at radius 1 is 0.596 bits per heavy atom. The molecule has 1 saturated heterocycles. The molecule has 26 N–H and O–H groups in total. The number of unbranched alkanes of at least 4 members (excludes halogenated alkanes) is 3. The van der Waals surface area contributed by atoms with Gasteiger partial charge in [0.15, 0.2) is 0 Å². The molecule has 1 aromatic heterocycles. The molecule has 3 heterocycles. The van der Waals surface area contributed by atoms with Crippen LogP contribution in [0.3, 0.4) is 0 Å². The van der Waals surface area contributed by atoms with Crippen molar-refractivity contribution in [2.75, 3.05) is 130 Å². The summed E-state index contributed by atoms with van der Waals surface area (Å²) in [7, 11) is 1.74. The summed E-state index contributed by atoms with van der Waals surface area (Å²) < 4.78 is 0. The van der Waals surface area contributed by atoms with Crippen LogP contribution < -0.4 is 31.9 Å². The lowest BCUT2D eigenvalue weighted by Gasteiger charge is -2.34. The minimum Gasteiger partial charge on any atom is -0.481 e. The lowest BCUT2D eigenvalue weighted by Crippen LogP contribution is -2.59. The van der Waals surface area contributed by atoms with Gasteiger partial charge in [-0.3, -0.25) is 74.1 Å². The smallest absolute Gasteiger partial charge is 0.317 e. The number of aliphatic hydroxyl groups is 15. The van der Waals surface area contributed by atoms with Gasteiger partial charge in [0.2, 0.25) is 11.8 Å². The van der Waals surface area contributed by atoms with Crippen LogP contribution >= 0.6 is 0 Å². The van der Waals surface area contributed by atoms with Gasteiger partial charge in [-0.1, -0.05) is 31.0 Å². The number of H-pyrrole nitrogens is 1. The fourth-order valence-electron chi connectivity index (χ4n) is 12.2. The molecule has 39 heteroatoms. The highest BCUT2D eigenvalue weighted by Crippen LogP contribution is 2.31. The number of aliphatic hydroxyl groups excluding tert-OH is 15. The largest absolute Gasteiger partial charge is 0.481 e. The Kier molecular flexibility index (Phi) is 38.4. The predicted octanol–water partition coefficient (Wildman–Crippen LogP) is -8.76. The number of hydrogen-bond acceptors (Lipinski definition) is 32. The highest BCUT2D eigenvalue weighted by Gasteiger charge is 2.36. The molecule has 590 valence electrons. The maximum Gasteiger partial charge on any atom is 0.317 e. The number of anilines is 1. The number of para-hydroxylation sites is 2. The van der Waals surface area contributed by atoms with Crippen molar-refractivity contribution >= 4 is 52.4 Å². The van der Waals surface area contributed by atoms with Crippen LogP contribution in [-0.2, 0) is 41.9 Å². The molecule has 1 fully saturated rings. The van der Waals surface area contributed by atoms with Crippen LogP contribution in [0.4, 0.5) is 5.69 Å². The molecule has 2 amide bonds. The van der Waals surface area contributed by atoms with Gasteiger partial charge in [0.05, 0.1) is 87.7 Å². The summed E-state index contributed by atoms with van der Waals surface area (Å²) in [6.45, 7) is -3.70. The number of fused-ring (bicyclic) bond motifs is 2. The molecule has 2 aliphatic rings. The Morgan fingerprint density at radius 2 is 1.13 bits per heavy atom. The molecule has 2 aromatic carbocycles. The first-order valence-electron chi connectivity index (χ1n) is 34.8. The van der Waals surface area contributed by atoms with E-state index in [1.807, 2.05) is 24.3 Å². The van der Waals surface area contributed by atoms with E-state index in [0.29, 0.717) is 54.9 Å². The highest BCUT2D eigenvalue weighted by molar-refractivity contribution is 5.79. The van der Waals surface area contributed by atoms with Crippen molar-refractivity contribution in [3.8, 4) is 0 Å². The highest BCUT2D eigenvalue weighted by atomic mass is 16.4. The maximum atomic E-state index is 14.3. The third-order valence-electron chi connectivity index (χ3n) is 18.3. The van der Waals surface area contributed by atoms with E-state index in [2.05, 4.69) is 41.9 Å². The number of carbonyl (C=O) groups excluding carboxylic acids is 2. The summed E-state index contributed by atoms with van der Waals surface area (Å²) in [5, 5.41) is 214. The molecule has 5 rings (SSSR count). The number of aromatic amines is 1. The monoisotopic (exact) mass is 1490 g/mol. The van der Waals surface area contributed by atoms with Crippen molar-refractivity contribution in [3.05, 3.63) is 59.4 Å². The van der Waals surface area contributed by atoms with Gasteiger partial charge in [0.25, 0.3) is 0 Å². The standard InChI is InChI=1S/C65H110N14O25/c1-74(31-50-70-41-8-4-5-9-42(41)71-50)64(103)38-10-11-40-39(26-38)30-79(65(104)45(69-40)27-54(89)90)17-7-3-2-6-16-66-62(101)43(12-14-51(86)67-28-46(82)58(97)60(99)48(84)36-80)73-63(102)44(13-15-52(87)68-29-47(83)59(98)61(100)49(85)37-81)72-53(88)32-75-18-20-76(33-55(91)92)22-24-78(35-57(95)96)25-23-77(21-19-75)34-56(93)94/h4-5,8-11,26,43-49,51,58-67,69,73,80-86,97-104H,2-3,6-7,12-25,27-37H2,1H3,(H,68,87)(H,70,71)(H,72,88)(H,89,90)(H,91,92)(H,93,94)(H,95,96)/t43-,44-,45-,46-,47+,48?,49?,51+,58?,59-,60?,61-,62+,63+,64+,65+/m0/s1. The quantitative estimate of drug-likeness (QED) is 0.0184. The summed E-state index contributed by atoms with van der Waals surface area (Å²) in [6.07, 6.45) is -22.5. The Bertz CT molecular complexity index is 3020. The number of nitrogens with zero attached hydrogens (tertiary/aromatic N) is 7. The third-order valence-corrected chi connectivity index (χ3v) is 18.3. The zero-order valence-corrected chi connectivity index (χ0v) is 58.4. The lowest BCUT2D eigenvalue weighted by atomic mass is 10.0. The van der Waals surface area contributed by atoms with Crippen LogP contribution in [0.15, 0.2) is 42.5 Å². The van der Waals surface area contributed by atoms with E-state index in [1.54, 1.807) is 44.8 Å². The second-order valence-electron chi connectivity index (χ2n) is 26.6. The molecule has 0 aliphatic carbocycles. The van der Waals surface area contributed by atoms with Crippen molar-refractivity contribution in [2.24, 2.45) is 0 Å². The summed E-state index contributed by atoms with van der Waals surface area (Å²) >= 11 is 0. The molecule has 0 radical (unpaired) electrons. The minimum absolute atomic E-state index is 0.00638. The van der Waals surface area contributed by atoms with Crippen LogP contribution in [0.2, 0.25) is 0 Å². The lowest BCUT2D eigenvalue weighted by molar-refractivity contribution is -0.140. The number of carboxylic acid groups (broad SMARTS) is 4. The zero-order chi connectivity index (χ0) is 76.7. The molecule has 4 unspecified atom stereocenters. The second-order valence-corrected chi connectivity index (χ2v) is 26.6. The summed E-state index contributed by atoms with van der Waals surface area (Å²) in [4.78, 5) is 93.0. The van der Waals surface area contributed by atoms with Crippen LogP contribution in [0, 0.1) is 0 Å². The summed E-state index contributed by atoms with van der Waals surface area (Å²) in [5.74, 6) is -5.67. The Balaban J connectivity index is 1.32. The molecule has 2 aliphatic heterocycles. The number of aliphatic carboxylic acids is 4. The Morgan fingerprint density at radius 3 is 1.68 bits per heavy atom. The Hall–Kier alpha value is -6.43. The fraction of sp³-hybridized carbons (Fsp3) is 0.708. The summed E-state index contributed by atoms with van der Waals surface area (Å²) in [5.41, 5.74) is 3.45. The van der Waals surface area contributed by atoms with E-state index in [0.717, 1.165) is 11.0 Å². The van der Waals surface area contributed by atoms with Crippen molar-refractivity contribution in [2.45, 2.75) is 169 Å². The number of hydrogen-bond donors (Lipinski definition) is 26. The normalized spacial score (nSPS) is 20.7. The van der Waals surface area contributed by atoms with Crippen molar-refractivity contribution in [1.82, 2.24) is 66.0 Å². The fourth-order valence-corrected chi connectivity index (χ4v) is 12.2. The minimum atomic E-state index is -2.04.